The second-order valence-corrected chi connectivity index (χ2v) is 3.50. The predicted molar refractivity (Wildman–Crippen MR) is 59.9 cm³/mol. The smallest absolute Gasteiger partial charge is 0.333 e. The van der Waals surface area contributed by atoms with E-state index in [1.807, 2.05) is 6.07 Å². The molecule has 7 nitrogen and oxygen atoms in total. The highest BCUT2D eigenvalue weighted by Crippen LogP contribution is 2.08. The number of esters is 1. The Morgan fingerprint density at radius 3 is 2.67 bits per heavy atom. The molecule has 0 fully saturated rings. The van der Waals surface area contributed by atoms with Gasteiger partial charge < -0.3 is 4.74 Å². The van der Waals surface area contributed by atoms with Crippen LogP contribution >= 0.6 is 0 Å². The number of ether oxygens (including phenoxy) is 1. The average molecular weight is 246 g/mol. The number of para-hydroxylation sites is 1. The molecular formula is C11H10N4O3. The van der Waals surface area contributed by atoms with Crippen molar-refractivity contribution in [2.24, 2.45) is 0 Å². The van der Waals surface area contributed by atoms with Crippen LogP contribution in [0.5, 0.6) is 5.75 Å². The molecule has 0 bridgehead atoms. The van der Waals surface area contributed by atoms with Crippen molar-refractivity contribution in [3.05, 3.63) is 36.2 Å². The maximum atomic E-state index is 11.6. The fraction of sp³-hybridized carbons (Fsp3) is 0.182. The van der Waals surface area contributed by atoms with Gasteiger partial charge in [0.2, 0.25) is 5.82 Å². The summed E-state index contributed by atoms with van der Waals surface area (Å²) in [6.07, 6.45) is 0. The Hall–Kier alpha value is -2.57. The summed E-state index contributed by atoms with van der Waals surface area (Å²) in [4.78, 5) is 22.8. The highest BCUT2D eigenvalue weighted by Gasteiger charge is 2.14. The largest absolute Gasteiger partial charge is 0.425 e. The van der Waals surface area contributed by atoms with Crippen molar-refractivity contribution in [3.63, 3.8) is 0 Å². The fourth-order valence-corrected chi connectivity index (χ4v) is 1.34. The molecule has 18 heavy (non-hydrogen) atoms. The molecule has 0 amide bonds. The number of aromatic nitrogens is 4. The third-order valence-electron chi connectivity index (χ3n) is 2.10. The van der Waals surface area contributed by atoms with Crippen LogP contribution < -0.4 is 4.74 Å². The molecular weight excluding hydrogens is 236 g/mol. The van der Waals surface area contributed by atoms with Gasteiger partial charge in [-0.25, -0.2) is 9.48 Å². The van der Waals surface area contributed by atoms with Gasteiger partial charge >= 0.3 is 5.97 Å². The van der Waals surface area contributed by atoms with E-state index in [2.05, 4.69) is 15.5 Å². The van der Waals surface area contributed by atoms with Gasteiger partial charge in [-0.1, -0.05) is 18.2 Å². The van der Waals surface area contributed by atoms with Crippen LogP contribution in [0.1, 0.15) is 17.5 Å². The summed E-state index contributed by atoms with van der Waals surface area (Å²) in [5.74, 6) is -0.400. The lowest BCUT2D eigenvalue weighted by atomic mass is 10.3. The van der Waals surface area contributed by atoms with Crippen molar-refractivity contribution >= 4 is 11.8 Å². The van der Waals surface area contributed by atoms with Gasteiger partial charge in [0.25, 0.3) is 0 Å². The molecule has 1 aromatic heterocycles. The van der Waals surface area contributed by atoms with Crippen LogP contribution in [0.2, 0.25) is 0 Å². The van der Waals surface area contributed by atoms with Crippen LogP contribution in [0.15, 0.2) is 30.3 Å². The number of tetrazole rings is 1. The maximum Gasteiger partial charge on any atom is 0.333 e. The van der Waals surface area contributed by atoms with E-state index in [-0.39, 0.29) is 18.2 Å². The molecule has 0 spiro atoms. The highest BCUT2D eigenvalue weighted by atomic mass is 16.5. The lowest BCUT2D eigenvalue weighted by Crippen LogP contribution is -2.20. The lowest BCUT2D eigenvalue weighted by molar-refractivity contribution is -0.135. The molecule has 0 aliphatic rings. The van der Waals surface area contributed by atoms with E-state index in [0.29, 0.717) is 5.75 Å². The first-order chi connectivity index (χ1) is 8.66. The van der Waals surface area contributed by atoms with Crippen LogP contribution in [-0.2, 0) is 11.3 Å². The summed E-state index contributed by atoms with van der Waals surface area (Å²) in [6, 6.07) is 8.63. The van der Waals surface area contributed by atoms with E-state index in [4.69, 9.17) is 4.74 Å². The molecule has 0 saturated carbocycles. The van der Waals surface area contributed by atoms with Crippen molar-refractivity contribution in [1.29, 1.82) is 0 Å². The van der Waals surface area contributed by atoms with Crippen LogP contribution in [0.4, 0.5) is 0 Å². The van der Waals surface area contributed by atoms with Gasteiger partial charge in [-0.3, -0.25) is 4.79 Å². The summed E-state index contributed by atoms with van der Waals surface area (Å²) < 4.78 is 6.16. The standard InChI is InChI=1S/C11H10N4O3/c1-8(16)11-12-13-14-15(11)7-10(17)18-9-5-3-2-4-6-9/h2-6H,7H2,1H3. The maximum absolute atomic E-state index is 11.6. The SMILES string of the molecule is CC(=O)c1nnnn1CC(=O)Oc1ccccc1. The van der Waals surface area contributed by atoms with Gasteiger partial charge in [0.15, 0.2) is 5.78 Å². The number of hydrogen-bond donors (Lipinski definition) is 0. The van der Waals surface area contributed by atoms with Crippen LogP contribution in [0.25, 0.3) is 0 Å². The Bertz CT molecular complexity index is 565. The van der Waals surface area contributed by atoms with Crippen molar-refractivity contribution < 1.29 is 14.3 Å². The molecule has 0 N–H and O–H groups in total. The first-order valence-electron chi connectivity index (χ1n) is 5.19. The average Bonchev–Trinajstić information content (AvgIpc) is 2.78. The van der Waals surface area contributed by atoms with Gasteiger partial charge in [-0.05, 0) is 22.6 Å². The number of carbonyl (C=O) groups excluding carboxylic acids is 2. The zero-order valence-corrected chi connectivity index (χ0v) is 9.61. The van der Waals surface area contributed by atoms with Crippen LogP contribution in [0.3, 0.4) is 0 Å². The zero-order chi connectivity index (χ0) is 13.0. The topological polar surface area (TPSA) is 87.0 Å². The van der Waals surface area contributed by atoms with Gasteiger partial charge in [0.05, 0.1) is 0 Å². The number of Topliss-reactive ketones (excluding diaryl/α,β-unsaturated/α-hetero) is 1. The first kappa shape index (κ1) is 11.9. The minimum absolute atomic E-state index is 0.0278. The molecule has 7 heteroatoms. The molecule has 0 saturated heterocycles. The first-order valence-corrected chi connectivity index (χ1v) is 5.19. The van der Waals surface area contributed by atoms with Gasteiger partial charge in [0.1, 0.15) is 12.3 Å². The van der Waals surface area contributed by atoms with E-state index >= 15 is 0 Å². The molecule has 1 heterocycles. The fourth-order valence-electron chi connectivity index (χ4n) is 1.34. The summed E-state index contributed by atoms with van der Waals surface area (Å²) in [7, 11) is 0. The van der Waals surface area contributed by atoms with Crippen molar-refractivity contribution in [3.8, 4) is 5.75 Å². The third kappa shape index (κ3) is 2.76. The Morgan fingerprint density at radius 2 is 2.00 bits per heavy atom. The number of ketones is 1. The molecule has 0 atom stereocenters. The van der Waals surface area contributed by atoms with Gasteiger partial charge in [-0.2, -0.15) is 0 Å². The molecule has 0 radical (unpaired) electrons. The van der Waals surface area contributed by atoms with Crippen molar-refractivity contribution in [2.45, 2.75) is 13.5 Å². The summed E-state index contributed by atoms with van der Waals surface area (Å²) >= 11 is 0. The van der Waals surface area contributed by atoms with E-state index in [9.17, 15) is 9.59 Å². The van der Waals surface area contributed by atoms with Crippen molar-refractivity contribution in [2.75, 3.05) is 0 Å². The molecule has 0 aliphatic carbocycles. The second kappa shape index (κ2) is 5.17. The van der Waals surface area contributed by atoms with E-state index in [0.717, 1.165) is 4.68 Å². The van der Waals surface area contributed by atoms with E-state index < -0.39 is 5.97 Å². The molecule has 92 valence electrons. The van der Waals surface area contributed by atoms with Crippen LogP contribution in [0, 0.1) is 0 Å². The molecule has 2 rings (SSSR count). The number of carbonyl (C=O) groups is 2. The monoisotopic (exact) mass is 246 g/mol. The number of hydrogen-bond acceptors (Lipinski definition) is 6. The lowest BCUT2D eigenvalue weighted by Gasteiger charge is -2.04. The van der Waals surface area contributed by atoms with Gasteiger partial charge in [0, 0.05) is 6.92 Å². The van der Waals surface area contributed by atoms with E-state index in [1.54, 1.807) is 24.3 Å². The molecule has 2 aromatic rings. The zero-order valence-electron chi connectivity index (χ0n) is 9.61. The third-order valence-corrected chi connectivity index (χ3v) is 2.10. The Kier molecular flexibility index (Phi) is 3.42. The Balaban J connectivity index is 2.04. The Morgan fingerprint density at radius 1 is 1.28 bits per heavy atom. The van der Waals surface area contributed by atoms with Crippen molar-refractivity contribution in [1.82, 2.24) is 20.2 Å². The normalized spacial score (nSPS) is 10.1. The summed E-state index contributed by atoms with van der Waals surface area (Å²) in [5, 5.41) is 10.4. The van der Waals surface area contributed by atoms with E-state index in [1.165, 1.54) is 6.92 Å². The van der Waals surface area contributed by atoms with Crippen LogP contribution in [-0.4, -0.2) is 32.0 Å². The minimum Gasteiger partial charge on any atom is -0.425 e. The summed E-state index contributed by atoms with van der Waals surface area (Å²) in [6.45, 7) is 1.11. The summed E-state index contributed by atoms with van der Waals surface area (Å²) in [5.41, 5.74) is 0. The predicted octanol–water partition coefficient (Wildman–Crippen LogP) is 0.481. The quantitative estimate of drug-likeness (QED) is 0.443. The highest BCUT2D eigenvalue weighted by molar-refractivity contribution is 5.90. The number of benzene rings is 1. The second-order valence-electron chi connectivity index (χ2n) is 3.50. The molecule has 1 aromatic carbocycles. The van der Waals surface area contributed by atoms with Gasteiger partial charge in [-0.15, -0.1) is 5.10 Å². The number of rotatable bonds is 4. The molecule has 0 aliphatic heterocycles. The number of nitrogens with zero attached hydrogens (tertiary/aromatic N) is 4. The Labute approximate surface area is 102 Å². The molecule has 0 unspecified atom stereocenters. The minimum atomic E-state index is -0.545.